The van der Waals surface area contributed by atoms with Crippen molar-refractivity contribution >= 4 is 150 Å². The third-order valence-electron chi connectivity index (χ3n) is 15.8. The fourth-order valence-electron chi connectivity index (χ4n) is 12.2. The lowest BCUT2D eigenvalue weighted by atomic mass is 9.87. The lowest BCUT2D eigenvalue weighted by Crippen LogP contribution is -2.31. The molecule has 4 aromatic heterocycles. The molecule has 5 heteroatoms. The number of thiophene rings is 3. The molecule has 1 atom stereocenters. The van der Waals surface area contributed by atoms with Crippen LogP contribution in [0.1, 0.15) is 17.5 Å². The van der Waals surface area contributed by atoms with Crippen molar-refractivity contribution in [2.24, 2.45) is 0 Å². The first-order valence-electron chi connectivity index (χ1n) is 26.3. The van der Waals surface area contributed by atoms with Crippen LogP contribution in [0.3, 0.4) is 0 Å². The van der Waals surface area contributed by atoms with Crippen molar-refractivity contribution in [3.8, 4) is 22.3 Å². The molecule has 0 bridgehead atoms. The molecular formula is C72H45NOS3. The molecule has 77 heavy (non-hydrogen) atoms. The molecule has 0 saturated carbocycles. The molecular weight excluding hydrogens is 991 g/mol. The maximum atomic E-state index is 6.82. The highest BCUT2D eigenvalue weighted by Crippen LogP contribution is 2.48. The fraction of sp³-hybridized carbons (Fsp3) is 0.0278. The Bertz CT molecular complexity index is 4970. The van der Waals surface area contributed by atoms with E-state index in [1.54, 1.807) is 0 Å². The van der Waals surface area contributed by atoms with E-state index in [0.717, 1.165) is 39.7 Å². The molecule has 15 aromatic rings. The summed E-state index contributed by atoms with van der Waals surface area (Å²) in [6.45, 7) is 0. The molecule has 0 aliphatic heterocycles. The summed E-state index contributed by atoms with van der Waals surface area (Å²) in [7, 11) is 0. The number of anilines is 2. The molecule has 0 radical (unpaired) electrons. The average Bonchev–Trinajstić information content (AvgIpc) is 4.30. The second-order valence-electron chi connectivity index (χ2n) is 20.3. The highest BCUT2D eigenvalue weighted by atomic mass is 32.1. The van der Waals surface area contributed by atoms with E-state index in [4.69, 9.17) is 4.42 Å². The standard InChI is InChI=1S/C72H45NOS3/c1-2-14-45(15-3-1)46-29-33-50(34-30-46)73(63-24-13-23-58-53-19-6-9-25-64(53)74-72(58)63)51-17-12-16-47(40-51)59(38-44-28-35-56-54-20-7-10-26-65(54)76-69(56)39-44)48-31-37-68-62(42-48)71-57-22-5-4-18-52(57)60(43-70(71)77-68)49-32-36-67-61(41-49)55-21-8-11-27-66(55)75-67/h1-39,41-43,51H,40H2/b59-38+. The Balaban J connectivity index is 0.855. The van der Waals surface area contributed by atoms with E-state index < -0.39 is 0 Å². The number of benzene rings is 11. The molecule has 0 N–H and O–H groups in total. The fourth-order valence-corrected chi connectivity index (χ4v) is 15.6. The predicted octanol–water partition coefficient (Wildman–Crippen LogP) is 21.8. The zero-order valence-corrected chi connectivity index (χ0v) is 44.1. The quantitative estimate of drug-likeness (QED) is 0.141. The zero-order valence-electron chi connectivity index (χ0n) is 41.6. The van der Waals surface area contributed by atoms with Gasteiger partial charge in [0.1, 0.15) is 5.58 Å². The summed E-state index contributed by atoms with van der Waals surface area (Å²) in [6.07, 6.45) is 10.2. The van der Waals surface area contributed by atoms with Crippen LogP contribution in [0, 0.1) is 0 Å². The first-order chi connectivity index (χ1) is 38.1. The Labute approximate surface area is 456 Å². The molecule has 16 rings (SSSR count). The first kappa shape index (κ1) is 44.5. The second-order valence-corrected chi connectivity index (χ2v) is 23.5. The normalized spacial score (nSPS) is 14.2. The Hall–Kier alpha value is -8.84. The van der Waals surface area contributed by atoms with Gasteiger partial charge in [-0.1, -0.05) is 176 Å². The minimum Gasteiger partial charge on any atom is -0.454 e. The zero-order chi connectivity index (χ0) is 50.6. The maximum Gasteiger partial charge on any atom is 0.159 e. The van der Waals surface area contributed by atoms with Crippen LogP contribution in [0.2, 0.25) is 0 Å². The van der Waals surface area contributed by atoms with Crippen molar-refractivity contribution in [3.05, 3.63) is 265 Å². The molecule has 0 fully saturated rings. The molecule has 4 heterocycles. The van der Waals surface area contributed by atoms with Gasteiger partial charge < -0.3 is 9.32 Å². The van der Waals surface area contributed by atoms with Crippen LogP contribution in [-0.2, 0) is 0 Å². The molecule has 1 unspecified atom stereocenters. The number of furan rings is 1. The first-order valence-corrected chi connectivity index (χ1v) is 28.7. The summed E-state index contributed by atoms with van der Waals surface area (Å²) < 4.78 is 14.7. The Morgan fingerprint density at radius 2 is 1.08 bits per heavy atom. The van der Waals surface area contributed by atoms with Crippen LogP contribution in [0.15, 0.2) is 259 Å². The van der Waals surface area contributed by atoms with Crippen LogP contribution in [0.5, 0.6) is 0 Å². The second kappa shape index (κ2) is 17.9. The van der Waals surface area contributed by atoms with E-state index in [9.17, 15) is 0 Å². The van der Waals surface area contributed by atoms with Crippen molar-refractivity contribution in [2.45, 2.75) is 12.5 Å². The monoisotopic (exact) mass is 1040 g/mol. The summed E-state index contributed by atoms with van der Waals surface area (Å²) in [4.78, 5) is 2.50. The summed E-state index contributed by atoms with van der Waals surface area (Å²) in [5, 5.41) is 12.7. The number of hydrogen-bond acceptors (Lipinski definition) is 5. The van der Waals surface area contributed by atoms with Gasteiger partial charge in [0, 0.05) is 77.0 Å². The number of hydrogen-bond donors (Lipinski definition) is 0. The predicted molar refractivity (Wildman–Crippen MR) is 336 cm³/mol. The number of allylic oxidation sites excluding steroid dienone is 3. The van der Waals surface area contributed by atoms with Crippen molar-refractivity contribution in [3.63, 3.8) is 0 Å². The van der Waals surface area contributed by atoms with E-state index in [1.165, 1.54) is 116 Å². The van der Waals surface area contributed by atoms with Gasteiger partial charge >= 0.3 is 0 Å². The van der Waals surface area contributed by atoms with Crippen molar-refractivity contribution in [1.29, 1.82) is 0 Å². The number of fused-ring (bicyclic) bond motifs is 14. The van der Waals surface area contributed by atoms with Crippen molar-refractivity contribution < 1.29 is 4.42 Å². The topological polar surface area (TPSA) is 16.4 Å². The molecule has 0 saturated heterocycles. The van der Waals surface area contributed by atoms with Gasteiger partial charge in [0.05, 0.1) is 11.7 Å². The smallest absolute Gasteiger partial charge is 0.159 e. The lowest BCUT2D eigenvalue weighted by molar-refractivity contribution is 0.664. The largest absolute Gasteiger partial charge is 0.454 e. The van der Waals surface area contributed by atoms with E-state index in [2.05, 4.69) is 260 Å². The van der Waals surface area contributed by atoms with Crippen molar-refractivity contribution in [2.75, 3.05) is 4.90 Å². The molecule has 0 spiro atoms. The molecule has 1 aliphatic carbocycles. The van der Waals surface area contributed by atoms with E-state index in [0.29, 0.717) is 0 Å². The van der Waals surface area contributed by atoms with Gasteiger partial charge in [-0.25, -0.2) is 0 Å². The summed E-state index contributed by atoms with van der Waals surface area (Å²) in [5.41, 5.74) is 13.7. The van der Waals surface area contributed by atoms with Crippen LogP contribution in [0.25, 0.3) is 127 Å². The molecule has 2 nitrogen and oxygen atoms in total. The van der Waals surface area contributed by atoms with Gasteiger partial charge in [-0.2, -0.15) is 0 Å². The third-order valence-corrected chi connectivity index (χ3v) is 19.2. The van der Waals surface area contributed by atoms with Gasteiger partial charge in [-0.15, -0.1) is 34.0 Å². The molecule has 1 aliphatic rings. The number of rotatable bonds is 8. The van der Waals surface area contributed by atoms with E-state index in [-0.39, 0.29) is 6.04 Å². The number of nitrogens with zero attached hydrogens (tertiary/aromatic N) is 1. The highest BCUT2D eigenvalue weighted by Gasteiger charge is 2.27. The van der Waals surface area contributed by atoms with Gasteiger partial charge in [0.25, 0.3) is 0 Å². The minimum absolute atomic E-state index is 0.0378. The SMILES string of the molecule is C1=CC(N(c2ccc(-c3ccccc3)cc2)c2cccc3c2oc2ccccc23)CC(/C(=C\c2ccc3c(c2)sc2ccccc23)c2ccc3sc4cc(-c5ccc6sc7ccccc7c6c5)c5ccccc5c4c3c2)=C1. The van der Waals surface area contributed by atoms with Gasteiger partial charge in [-0.05, 0) is 141 Å². The average molecular weight is 1040 g/mol. The summed E-state index contributed by atoms with van der Waals surface area (Å²) in [6, 6.07) is 85.1. The Kier molecular flexibility index (Phi) is 10.3. The highest BCUT2D eigenvalue weighted by molar-refractivity contribution is 7.26. The molecule has 11 aromatic carbocycles. The Morgan fingerprint density at radius 3 is 1.92 bits per heavy atom. The van der Waals surface area contributed by atoms with Gasteiger partial charge in [0.2, 0.25) is 0 Å². The van der Waals surface area contributed by atoms with E-state index >= 15 is 0 Å². The summed E-state index contributed by atoms with van der Waals surface area (Å²) >= 11 is 5.65. The van der Waals surface area contributed by atoms with Gasteiger partial charge in [0.15, 0.2) is 5.58 Å². The van der Waals surface area contributed by atoms with Crippen LogP contribution in [-0.4, -0.2) is 6.04 Å². The molecule has 0 amide bonds. The molecule has 362 valence electrons. The maximum absolute atomic E-state index is 6.82. The van der Waals surface area contributed by atoms with Crippen LogP contribution >= 0.6 is 34.0 Å². The minimum atomic E-state index is -0.0378. The van der Waals surface area contributed by atoms with E-state index in [1.807, 2.05) is 34.0 Å². The van der Waals surface area contributed by atoms with Gasteiger partial charge in [-0.3, -0.25) is 0 Å². The van der Waals surface area contributed by atoms with Crippen LogP contribution < -0.4 is 4.90 Å². The lowest BCUT2D eigenvalue weighted by Gasteiger charge is -2.34. The van der Waals surface area contributed by atoms with Crippen molar-refractivity contribution in [1.82, 2.24) is 0 Å². The van der Waals surface area contributed by atoms with Crippen LogP contribution in [0.4, 0.5) is 11.4 Å². The third kappa shape index (κ3) is 7.41. The summed E-state index contributed by atoms with van der Waals surface area (Å²) in [5.74, 6) is 0. The number of para-hydroxylation sites is 2. The Morgan fingerprint density at radius 1 is 0.442 bits per heavy atom.